The Morgan fingerprint density at radius 1 is 1.06 bits per heavy atom. The molecule has 3 heterocycles. The third-order valence-corrected chi connectivity index (χ3v) is 5.66. The van der Waals surface area contributed by atoms with Gasteiger partial charge in [0.15, 0.2) is 17.7 Å². The zero-order valence-electron chi connectivity index (χ0n) is 17.6. The first-order valence-corrected chi connectivity index (χ1v) is 10.0. The SMILES string of the molecule is Nc1ncnc2c1ncn2[C@@H]1O[C@H](COP(=O)([O-])OP(=O)([O-])[O-])[C@@H](O)[C@H]1O.O.O.O.[Rb+].[Rb+].[Rb+]. The molecule has 2 aromatic rings. The number of fused-ring (bicyclic) bond motifs is 1. The van der Waals surface area contributed by atoms with Gasteiger partial charge in [-0.1, -0.05) is 0 Å². The maximum Gasteiger partial charge on any atom is 1.00 e. The number of nitrogens with zero attached hydrogens (tertiary/aromatic N) is 4. The van der Waals surface area contributed by atoms with E-state index in [0.29, 0.717) is 0 Å². The van der Waals surface area contributed by atoms with Crippen molar-refractivity contribution < 1.29 is 239 Å². The number of ether oxygens (including phenoxy) is 1. The molecular formula is C10H18N5O13P2Rb3. The molecule has 0 radical (unpaired) electrons. The Morgan fingerprint density at radius 2 is 1.64 bits per heavy atom. The van der Waals surface area contributed by atoms with Crippen LogP contribution in [0.3, 0.4) is 0 Å². The fraction of sp³-hybridized carbons (Fsp3) is 0.500. The van der Waals surface area contributed by atoms with Crippen molar-refractivity contribution in [1.82, 2.24) is 19.5 Å². The number of aromatic nitrogens is 4. The van der Waals surface area contributed by atoms with E-state index in [2.05, 4.69) is 23.8 Å². The van der Waals surface area contributed by atoms with E-state index < -0.39 is 46.8 Å². The average Bonchev–Trinajstić information content (AvgIpc) is 3.07. The number of rotatable bonds is 6. The van der Waals surface area contributed by atoms with Crippen LogP contribution < -0.4 is 195 Å². The van der Waals surface area contributed by atoms with Crippen LogP contribution in [0.2, 0.25) is 0 Å². The van der Waals surface area contributed by atoms with Crippen molar-refractivity contribution in [2.75, 3.05) is 12.3 Å². The monoisotopic (exact) mass is 733 g/mol. The third kappa shape index (κ3) is 11.8. The topological polar surface area (TPSA) is 336 Å². The van der Waals surface area contributed by atoms with Gasteiger partial charge in [0.25, 0.3) is 7.82 Å². The van der Waals surface area contributed by atoms with Crippen molar-refractivity contribution in [3.05, 3.63) is 12.7 Å². The molecule has 0 bridgehead atoms. The summed E-state index contributed by atoms with van der Waals surface area (Å²) in [5.41, 5.74) is 6.04. The maximum atomic E-state index is 11.3. The van der Waals surface area contributed by atoms with Crippen molar-refractivity contribution in [2.24, 2.45) is 0 Å². The van der Waals surface area contributed by atoms with E-state index in [1.165, 1.54) is 10.9 Å². The molecule has 0 spiro atoms. The first-order chi connectivity index (χ1) is 12.5. The molecule has 1 unspecified atom stereocenters. The van der Waals surface area contributed by atoms with Crippen LogP contribution in [-0.4, -0.2) is 71.1 Å². The first-order valence-electron chi connectivity index (χ1n) is 7.12. The van der Waals surface area contributed by atoms with Crippen LogP contribution in [0, 0.1) is 0 Å². The first kappa shape index (κ1) is 43.8. The summed E-state index contributed by atoms with van der Waals surface area (Å²) >= 11 is 0. The molecule has 1 aliphatic rings. The summed E-state index contributed by atoms with van der Waals surface area (Å²) in [6.45, 7) is -0.931. The van der Waals surface area contributed by atoms with Gasteiger partial charge in [-0.15, -0.1) is 0 Å². The Labute approximate surface area is 332 Å². The van der Waals surface area contributed by atoms with Crippen LogP contribution in [0.15, 0.2) is 12.7 Å². The Balaban J connectivity index is -0.000000701. The minimum absolute atomic E-state index is 0. The van der Waals surface area contributed by atoms with Gasteiger partial charge in [-0.3, -0.25) is 13.4 Å². The molecule has 1 saturated heterocycles. The quantitative estimate of drug-likeness (QED) is 0.232. The van der Waals surface area contributed by atoms with Gasteiger partial charge in [0.1, 0.15) is 30.2 Å². The Bertz CT molecular complexity index is 951. The van der Waals surface area contributed by atoms with E-state index in [-0.39, 0.29) is 208 Å². The van der Waals surface area contributed by atoms with Gasteiger partial charge in [0.2, 0.25) is 0 Å². The number of anilines is 1. The Morgan fingerprint density at radius 3 is 2.18 bits per heavy atom. The van der Waals surface area contributed by atoms with Crippen molar-refractivity contribution in [3.8, 4) is 0 Å². The molecule has 10 N–H and O–H groups in total. The third-order valence-electron chi connectivity index (χ3n) is 3.60. The number of phosphoric acid groups is 2. The fourth-order valence-corrected chi connectivity index (χ4v) is 3.96. The van der Waals surface area contributed by atoms with E-state index in [9.17, 15) is 34.0 Å². The van der Waals surface area contributed by atoms with E-state index in [1.54, 1.807) is 0 Å². The van der Waals surface area contributed by atoms with Gasteiger partial charge in [-0.25, -0.2) is 15.0 Å². The van der Waals surface area contributed by atoms with Crippen molar-refractivity contribution >= 4 is 32.6 Å². The number of hydrogen-bond donors (Lipinski definition) is 3. The van der Waals surface area contributed by atoms with E-state index >= 15 is 0 Å². The summed E-state index contributed by atoms with van der Waals surface area (Å²) in [6, 6.07) is 0. The summed E-state index contributed by atoms with van der Waals surface area (Å²) in [5, 5.41) is 20.2. The molecule has 0 saturated carbocycles. The number of nitrogens with two attached hydrogens (primary N) is 1. The zero-order chi connectivity index (χ0) is 20.0. The molecule has 18 nitrogen and oxygen atoms in total. The standard InChI is InChI=1S/C10H15N5O10P2.3H2O.3Rb/c11-8-5-9(13-2-12-8)15(3-14-5)10-7(17)6(16)4(24-10)1-23-27(21,22)25-26(18,19)20;;;;;;/h2-4,6-7,10,16-17H,1H2,(H,21,22)(H2,11,12,13)(H2,18,19,20);3*1H2;;;/q;;;;3*+1/p-3/t4-,6-,7-,10-;;;;;;/m1....../s1. The van der Waals surface area contributed by atoms with Crippen LogP contribution in [0.25, 0.3) is 11.2 Å². The predicted octanol–water partition coefficient (Wildman–Crippen LogP) is -15.1. The Kier molecular flexibility index (Phi) is 24.2. The molecule has 174 valence electrons. The zero-order valence-corrected chi connectivity index (χ0v) is 34.1. The van der Waals surface area contributed by atoms with Crippen LogP contribution in [0.5, 0.6) is 0 Å². The summed E-state index contributed by atoms with van der Waals surface area (Å²) in [6.07, 6.45) is -3.48. The van der Waals surface area contributed by atoms with E-state index in [4.69, 9.17) is 10.5 Å². The summed E-state index contributed by atoms with van der Waals surface area (Å²) in [4.78, 5) is 43.7. The van der Waals surface area contributed by atoms with Gasteiger partial charge >= 0.3 is 175 Å². The summed E-state index contributed by atoms with van der Waals surface area (Å²) in [7, 11) is -11.4. The van der Waals surface area contributed by atoms with Crippen molar-refractivity contribution in [3.63, 3.8) is 0 Å². The van der Waals surface area contributed by atoms with Crippen LogP contribution in [0.1, 0.15) is 6.23 Å². The smallest absolute Gasteiger partial charge is 0.790 e. The largest absolute Gasteiger partial charge is 1.00 e. The minimum Gasteiger partial charge on any atom is -0.790 e. The molecule has 0 aliphatic carbocycles. The van der Waals surface area contributed by atoms with Crippen molar-refractivity contribution in [1.29, 1.82) is 0 Å². The molecule has 5 atom stereocenters. The van der Waals surface area contributed by atoms with Gasteiger partial charge in [-0.05, 0) is 0 Å². The number of imidazole rings is 1. The van der Waals surface area contributed by atoms with E-state index in [1.807, 2.05) is 0 Å². The number of aliphatic hydroxyl groups excluding tert-OH is 2. The molecule has 0 amide bonds. The summed E-state index contributed by atoms with van der Waals surface area (Å²) < 4.78 is 35.7. The second-order valence-electron chi connectivity index (χ2n) is 5.40. The molecule has 23 heteroatoms. The van der Waals surface area contributed by atoms with Crippen molar-refractivity contribution in [2.45, 2.75) is 24.5 Å². The molecule has 1 fully saturated rings. The van der Waals surface area contributed by atoms with E-state index in [0.717, 1.165) is 6.33 Å². The predicted molar refractivity (Wildman–Crippen MR) is 88.8 cm³/mol. The van der Waals surface area contributed by atoms with Crippen LogP contribution in [0.4, 0.5) is 5.82 Å². The average molecular weight is 735 g/mol. The molecule has 0 aromatic carbocycles. The molecular weight excluding hydrogens is 716 g/mol. The van der Waals surface area contributed by atoms with Gasteiger partial charge in [0.05, 0.1) is 20.8 Å². The van der Waals surface area contributed by atoms with Gasteiger partial charge in [-0.2, -0.15) is 0 Å². The normalized spacial score (nSPS) is 23.3. The number of phosphoric ester groups is 1. The summed E-state index contributed by atoms with van der Waals surface area (Å²) in [5.74, 6) is 0.0655. The van der Waals surface area contributed by atoms with Gasteiger partial charge in [0, 0.05) is 0 Å². The van der Waals surface area contributed by atoms with Crippen LogP contribution in [-0.2, 0) is 22.7 Å². The second kappa shape index (κ2) is 18.2. The number of hydrogen-bond acceptors (Lipinski definition) is 14. The van der Waals surface area contributed by atoms with Gasteiger partial charge < -0.3 is 60.9 Å². The second-order valence-corrected chi connectivity index (χ2v) is 8.10. The molecule has 2 aromatic heterocycles. The molecule has 3 rings (SSSR count). The minimum atomic E-state index is -5.85. The number of aliphatic hydroxyl groups is 2. The maximum absolute atomic E-state index is 11.3. The fourth-order valence-electron chi connectivity index (χ4n) is 2.46. The molecule has 1 aliphatic heterocycles. The number of nitrogen functional groups attached to an aromatic ring is 1. The molecule has 33 heavy (non-hydrogen) atoms. The Hall–Kier alpha value is 3.79. The van der Waals surface area contributed by atoms with Crippen LogP contribution >= 0.6 is 15.6 Å².